The highest BCUT2D eigenvalue weighted by atomic mass is 32.1. The van der Waals surface area contributed by atoms with E-state index in [0.717, 1.165) is 57.9 Å². The topological polar surface area (TPSA) is 88.9 Å². The standard InChI is InChI=1S/C25H29N5O3S/c1-14(32-3)12-30(2)25(31)15-5-6-18-21(9-15)34-24-22(18)23(27-13-28-24)29-19-7-16-10-26-11-17(16)8-20(19)33-4/h7-8,10,13-15H,5-6,9,11-12H2,1-4H3,(H,27,28,29)/t14-,15-/m0/s1. The Bertz CT molecular complexity index is 1270. The summed E-state index contributed by atoms with van der Waals surface area (Å²) in [7, 11) is 5.21. The van der Waals surface area contributed by atoms with Gasteiger partial charge in [0.2, 0.25) is 5.91 Å². The highest BCUT2D eigenvalue weighted by Gasteiger charge is 2.31. The maximum absolute atomic E-state index is 13.1. The van der Waals surface area contributed by atoms with Gasteiger partial charge < -0.3 is 19.7 Å². The second-order valence-electron chi connectivity index (χ2n) is 8.96. The van der Waals surface area contributed by atoms with Crippen molar-refractivity contribution in [3.8, 4) is 5.75 Å². The quantitative estimate of drug-likeness (QED) is 0.552. The van der Waals surface area contributed by atoms with Crippen LogP contribution in [-0.2, 0) is 28.9 Å². The average molecular weight is 480 g/mol. The zero-order valence-electron chi connectivity index (χ0n) is 19.9. The van der Waals surface area contributed by atoms with E-state index in [1.54, 1.807) is 36.8 Å². The van der Waals surface area contributed by atoms with Crippen molar-refractivity contribution in [2.45, 2.75) is 38.8 Å². The lowest BCUT2D eigenvalue weighted by atomic mass is 9.87. The number of fused-ring (bicyclic) bond motifs is 4. The molecule has 0 unspecified atom stereocenters. The minimum Gasteiger partial charge on any atom is -0.495 e. The number of thiophene rings is 1. The van der Waals surface area contributed by atoms with Crippen molar-refractivity contribution in [2.75, 3.05) is 33.1 Å². The van der Waals surface area contributed by atoms with Gasteiger partial charge in [0.05, 0.1) is 30.8 Å². The van der Waals surface area contributed by atoms with Gasteiger partial charge in [-0.3, -0.25) is 9.79 Å². The molecule has 2 aromatic heterocycles. The van der Waals surface area contributed by atoms with Crippen molar-refractivity contribution < 1.29 is 14.3 Å². The average Bonchev–Trinajstić information content (AvgIpc) is 3.46. The molecule has 1 aliphatic heterocycles. The van der Waals surface area contributed by atoms with Crippen molar-refractivity contribution >= 4 is 45.2 Å². The van der Waals surface area contributed by atoms with Crippen LogP contribution >= 0.6 is 11.3 Å². The van der Waals surface area contributed by atoms with E-state index in [-0.39, 0.29) is 17.9 Å². The molecule has 0 fully saturated rings. The first-order chi connectivity index (χ1) is 16.5. The molecule has 2 aliphatic rings. The number of anilines is 2. The molecule has 5 rings (SSSR count). The summed E-state index contributed by atoms with van der Waals surface area (Å²) >= 11 is 1.67. The Morgan fingerprint density at radius 3 is 2.97 bits per heavy atom. The highest BCUT2D eigenvalue weighted by Crippen LogP contribution is 2.42. The second-order valence-corrected chi connectivity index (χ2v) is 10.0. The lowest BCUT2D eigenvalue weighted by molar-refractivity contribution is -0.135. The summed E-state index contributed by atoms with van der Waals surface area (Å²) < 4.78 is 11.0. The molecule has 1 amide bonds. The van der Waals surface area contributed by atoms with E-state index in [1.165, 1.54) is 10.4 Å². The number of aliphatic imine (C=N–C) groups is 1. The third-order valence-electron chi connectivity index (χ3n) is 6.71. The van der Waals surface area contributed by atoms with Crippen LogP contribution in [-0.4, -0.2) is 60.9 Å². The molecule has 0 saturated heterocycles. The van der Waals surface area contributed by atoms with E-state index >= 15 is 0 Å². The predicted molar refractivity (Wildman–Crippen MR) is 135 cm³/mol. The predicted octanol–water partition coefficient (Wildman–Crippen LogP) is 3.97. The van der Waals surface area contributed by atoms with Crippen LogP contribution in [0.2, 0.25) is 0 Å². The minimum atomic E-state index is -0.0184. The normalized spacial score (nSPS) is 17.4. The van der Waals surface area contributed by atoms with E-state index in [4.69, 9.17) is 9.47 Å². The number of hydrogen-bond acceptors (Lipinski definition) is 8. The number of aryl methyl sites for hydroxylation is 1. The van der Waals surface area contributed by atoms with Crippen LogP contribution in [0, 0.1) is 5.92 Å². The number of benzene rings is 1. The Balaban J connectivity index is 1.43. The Morgan fingerprint density at radius 1 is 1.32 bits per heavy atom. The molecule has 0 spiro atoms. The number of carbonyl (C=O) groups excluding carboxylic acids is 1. The fourth-order valence-electron chi connectivity index (χ4n) is 4.81. The monoisotopic (exact) mass is 479 g/mol. The number of ether oxygens (including phenoxy) is 2. The molecular formula is C25H29N5O3S. The van der Waals surface area contributed by atoms with Gasteiger partial charge in [-0.25, -0.2) is 9.97 Å². The van der Waals surface area contributed by atoms with Crippen molar-refractivity contribution in [3.05, 3.63) is 40.0 Å². The molecule has 1 N–H and O–H groups in total. The number of carbonyl (C=O) groups is 1. The van der Waals surface area contributed by atoms with Crippen molar-refractivity contribution in [1.82, 2.24) is 14.9 Å². The number of methoxy groups -OCH3 is 2. The molecule has 1 aromatic carbocycles. The largest absolute Gasteiger partial charge is 0.495 e. The number of nitrogens with zero attached hydrogens (tertiary/aromatic N) is 4. The van der Waals surface area contributed by atoms with E-state index in [9.17, 15) is 4.79 Å². The first-order valence-corrected chi connectivity index (χ1v) is 12.3. The van der Waals surface area contributed by atoms with Crippen LogP contribution in [0.3, 0.4) is 0 Å². The number of nitrogens with one attached hydrogen (secondary N) is 1. The smallest absolute Gasteiger partial charge is 0.225 e. The van der Waals surface area contributed by atoms with Gasteiger partial charge in [0.25, 0.3) is 0 Å². The molecular weight excluding hydrogens is 450 g/mol. The van der Waals surface area contributed by atoms with E-state index in [2.05, 4.69) is 26.3 Å². The fourth-order valence-corrected chi connectivity index (χ4v) is 6.08. The van der Waals surface area contributed by atoms with Gasteiger partial charge in [0, 0.05) is 37.7 Å². The molecule has 0 bridgehead atoms. The maximum atomic E-state index is 13.1. The van der Waals surface area contributed by atoms with Crippen LogP contribution in [0.4, 0.5) is 11.5 Å². The molecule has 3 aromatic rings. The molecule has 8 nitrogen and oxygen atoms in total. The van der Waals surface area contributed by atoms with Crippen LogP contribution in [0.15, 0.2) is 23.5 Å². The first-order valence-electron chi connectivity index (χ1n) is 11.5. The summed E-state index contributed by atoms with van der Waals surface area (Å²) in [6.07, 6.45) is 5.88. The van der Waals surface area contributed by atoms with Gasteiger partial charge in [0.15, 0.2) is 0 Å². The van der Waals surface area contributed by atoms with Crippen molar-refractivity contribution in [1.29, 1.82) is 0 Å². The number of likely N-dealkylation sites (N-methyl/N-ethyl adjacent to an activating group) is 1. The highest BCUT2D eigenvalue weighted by molar-refractivity contribution is 7.19. The molecule has 2 atom stereocenters. The van der Waals surface area contributed by atoms with Gasteiger partial charge in [0.1, 0.15) is 22.7 Å². The van der Waals surface area contributed by atoms with Crippen LogP contribution in [0.1, 0.15) is 34.9 Å². The molecule has 34 heavy (non-hydrogen) atoms. The molecule has 1 aliphatic carbocycles. The van der Waals surface area contributed by atoms with Gasteiger partial charge in [-0.05, 0) is 55.0 Å². The molecule has 9 heteroatoms. The second kappa shape index (κ2) is 9.31. The van der Waals surface area contributed by atoms with Crippen LogP contribution in [0.5, 0.6) is 5.75 Å². The molecule has 0 saturated carbocycles. The first kappa shape index (κ1) is 22.7. The number of hydrogen-bond donors (Lipinski definition) is 1. The summed E-state index contributed by atoms with van der Waals surface area (Å²) in [5.41, 5.74) is 4.35. The molecule has 3 heterocycles. The van der Waals surface area contributed by atoms with Gasteiger partial charge in [-0.1, -0.05) is 0 Å². The third kappa shape index (κ3) is 4.14. The van der Waals surface area contributed by atoms with E-state index < -0.39 is 0 Å². The van der Waals surface area contributed by atoms with Crippen LogP contribution in [0.25, 0.3) is 10.2 Å². The van der Waals surface area contributed by atoms with Gasteiger partial charge >= 0.3 is 0 Å². The summed E-state index contributed by atoms with van der Waals surface area (Å²) in [6.45, 7) is 3.25. The maximum Gasteiger partial charge on any atom is 0.225 e. The Kier molecular flexibility index (Phi) is 6.22. The zero-order valence-corrected chi connectivity index (χ0v) is 20.7. The lowest BCUT2D eigenvalue weighted by Crippen LogP contribution is -2.39. The summed E-state index contributed by atoms with van der Waals surface area (Å²) in [4.78, 5) is 30.5. The van der Waals surface area contributed by atoms with Crippen molar-refractivity contribution in [2.24, 2.45) is 10.9 Å². The fraction of sp³-hybridized carbons (Fsp3) is 0.440. The Hall–Kier alpha value is -3.04. The number of amides is 1. The third-order valence-corrected chi connectivity index (χ3v) is 7.87. The Morgan fingerprint density at radius 2 is 2.18 bits per heavy atom. The summed E-state index contributed by atoms with van der Waals surface area (Å²) in [6, 6.07) is 4.09. The van der Waals surface area contributed by atoms with E-state index in [1.807, 2.05) is 26.3 Å². The lowest BCUT2D eigenvalue weighted by Gasteiger charge is -2.28. The Labute approximate surface area is 203 Å². The van der Waals surface area contributed by atoms with Crippen LogP contribution < -0.4 is 10.1 Å². The zero-order chi connectivity index (χ0) is 23.8. The van der Waals surface area contributed by atoms with E-state index in [0.29, 0.717) is 13.1 Å². The SMILES string of the molecule is COc1cc2c(cc1Nc1ncnc3sc4c(c13)CC[C@H](C(=O)N(C)C[C@H](C)OC)C4)C=NC2. The number of aromatic nitrogens is 2. The van der Waals surface area contributed by atoms with Gasteiger partial charge in [-0.15, -0.1) is 11.3 Å². The van der Waals surface area contributed by atoms with Gasteiger partial charge in [-0.2, -0.15) is 0 Å². The van der Waals surface area contributed by atoms with Crippen molar-refractivity contribution in [3.63, 3.8) is 0 Å². The number of rotatable bonds is 7. The summed E-state index contributed by atoms with van der Waals surface area (Å²) in [5, 5.41) is 4.54. The minimum absolute atomic E-state index is 0.0174. The summed E-state index contributed by atoms with van der Waals surface area (Å²) in [5.74, 6) is 1.70. The molecule has 178 valence electrons. The molecule has 0 radical (unpaired) electrons.